The van der Waals surface area contributed by atoms with Gasteiger partial charge < -0.3 is 24.3 Å². The van der Waals surface area contributed by atoms with E-state index in [9.17, 15) is 14.4 Å². The molecule has 1 rings (SSSR count). The molecule has 164 valence electrons. The average Bonchev–Trinajstić information content (AvgIpc) is 2.88. The minimum Gasteiger partial charge on any atom is -0.464 e. The van der Waals surface area contributed by atoms with Crippen molar-refractivity contribution in [2.75, 3.05) is 33.9 Å². The first-order chi connectivity index (χ1) is 13.5. The SMILES string of the molecule is CCn1c(C)c(C(=O)CN(CCCOC)C(=O)NC(C)(C)C)c(C)c1C(=O)OC. The molecule has 0 atom stereocenters. The standard InChI is InChI=1S/C21H35N3O5/c1-9-24-15(3)17(14(2)18(24)19(26)29-8)16(25)13-23(11-10-12-28-7)20(27)22-21(4,5)6/h9-13H2,1-8H3,(H,22,27). The molecule has 0 unspecified atom stereocenters. The van der Waals surface area contributed by atoms with Gasteiger partial charge in [-0.2, -0.15) is 0 Å². The van der Waals surface area contributed by atoms with Crippen LogP contribution in [0.1, 0.15) is 66.2 Å². The summed E-state index contributed by atoms with van der Waals surface area (Å²) in [5.74, 6) is -0.687. The first kappa shape index (κ1) is 24.7. The number of carbonyl (C=O) groups is 3. The predicted molar refractivity (Wildman–Crippen MR) is 112 cm³/mol. The van der Waals surface area contributed by atoms with Crippen molar-refractivity contribution in [3.05, 3.63) is 22.5 Å². The van der Waals surface area contributed by atoms with E-state index in [4.69, 9.17) is 9.47 Å². The molecular formula is C21H35N3O5. The van der Waals surface area contributed by atoms with Gasteiger partial charge in [0.2, 0.25) is 0 Å². The molecule has 0 spiro atoms. The van der Waals surface area contributed by atoms with Crippen molar-refractivity contribution in [1.29, 1.82) is 0 Å². The number of hydrogen-bond acceptors (Lipinski definition) is 5. The Kier molecular flexibility index (Phi) is 8.88. The largest absolute Gasteiger partial charge is 0.464 e. The zero-order chi connectivity index (χ0) is 22.4. The van der Waals surface area contributed by atoms with Gasteiger partial charge >= 0.3 is 12.0 Å². The predicted octanol–water partition coefficient (Wildman–Crippen LogP) is 2.94. The summed E-state index contributed by atoms with van der Waals surface area (Å²) < 4.78 is 11.7. The second-order valence-electron chi connectivity index (χ2n) is 8.04. The number of carbonyl (C=O) groups excluding carboxylic acids is 3. The Morgan fingerprint density at radius 3 is 2.24 bits per heavy atom. The van der Waals surface area contributed by atoms with Gasteiger partial charge in [-0.05, 0) is 53.5 Å². The summed E-state index contributed by atoms with van der Waals surface area (Å²) >= 11 is 0. The number of rotatable bonds is 9. The molecule has 0 saturated heterocycles. The molecule has 1 heterocycles. The van der Waals surface area contributed by atoms with Crippen LogP contribution in [0.4, 0.5) is 4.79 Å². The summed E-state index contributed by atoms with van der Waals surface area (Å²) in [6, 6.07) is -0.305. The van der Waals surface area contributed by atoms with E-state index in [2.05, 4.69) is 5.32 Å². The van der Waals surface area contributed by atoms with Gasteiger partial charge in [0.05, 0.1) is 13.7 Å². The number of nitrogens with zero attached hydrogens (tertiary/aromatic N) is 2. The van der Waals surface area contributed by atoms with Crippen LogP contribution >= 0.6 is 0 Å². The van der Waals surface area contributed by atoms with Crippen LogP contribution in [0.3, 0.4) is 0 Å². The number of urea groups is 1. The number of hydrogen-bond donors (Lipinski definition) is 1. The van der Waals surface area contributed by atoms with Gasteiger partial charge in [0.15, 0.2) is 5.78 Å². The Hall–Kier alpha value is -2.35. The minimum atomic E-state index is -0.478. The van der Waals surface area contributed by atoms with Crippen molar-refractivity contribution in [1.82, 2.24) is 14.8 Å². The Balaban J connectivity index is 3.20. The van der Waals surface area contributed by atoms with E-state index in [1.165, 1.54) is 12.0 Å². The molecule has 29 heavy (non-hydrogen) atoms. The molecule has 0 aromatic carbocycles. The normalized spacial score (nSPS) is 11.3. The average molecular weight is 410 g/mol. The molecule has 0 aliphatic carbocycles. The summed E-state index contributed by atoms with van der Waals surface area (Å²) in [6.07, 6.45) is 0.614. The zero-order valence-corrected chi connectivity index (χ0v) is 19.0. The highest BCUT2D eigenvalue weighted by atomic mass is 16.5. The molecule has 0 saturated carbocycles. The third-order valence-electron chi connectivity index (χ3n) is 4.62. The summed E-state index contributed by atoms with van der Waals surface area (Å²) in [5, 5.41) is 2.90. The molecule has 8 nitrogen and oxygen atoms in total. The summed E-state index contributed by atoms with van der Waals surface area (Å²) in [6.45, 7) is 12.4. The van der Waals surface area contributed by atoms with E-state index >= 15 is 0 Å². The molecule has 0 aliphatic rings. The lowest BCUT2D eigenvalue weighted by Crippen LogP contribution is -2.50. The lowest BCUT2D eigenvalue weighted by molar-refractivity contribution is 0.0587. The molecule has 1 aromatic rings. The maximum absolute atomic E-state index is 13.2. The van der Waals surface area contributed by atoms with E-state index in [0.717, 1.165) is 0 Å². The Labute approximate surface area is 173 Å². The van der Waals surface area contributed by atoms with Crippen LogP contribution in [0.2, 0.25) is 0 Å². The second kappa shape index (κ2) is 10.4. The van der Waals surface area contributed by atoms with Crippen molar-refractivity contribution >= 4 is 17.8 Å². The summed E-state index contributed by atoms with van der Waals surface area (Å²) in [4.78, 5) is 39.6. The monoisotopic (exact) mass is 409 g/mol. The van der Waals surface area contributed by atoms with E-state index in [1.807, 2.05) is 27.7 Å². The van der Waals surface area contributed by atoms with Gasteiger partial charge in [-0.3, -0.25) is 4.79 Å². The van der Waals surface area contributed by atoms with Crippen LogP contribution in [0.5, 0.6) is 0 Å². The van der Waals surface area contributed by atoms with Gasteiger partial charge in [0, 0.05) is 43.6 Å². The third kappa shape index (κ3) is 6.32. The van der Waals surface area contributed by atoms with Gasteiger partial charge in [-0.15, -0.1) is 0 Å². The number of methoxy groups -OCH3 is 2. The Morgan fingerprint density at radius 1 is 1.14 bits per heavy atom. The quantitative estimate of drug-likeness (QED) is 0.385. The molecule has 2 amide bonds. The van der Waals surface area contributed by atoms with Crippen LogP contribution in [0, 0.1) is 13.8 Å². The van der Waals surface area contributed by atoms with E-state index in [-0.39, 0.29) is 18.4 Å². The molecule has 1 N–H and O–H groups in total. The van der Waals surface area contributed by atoms with E-state index in [0.29, 0.717) is 48.6 Å². The lowest BCUT2D eigenvalue weighted by Gasteiger charge is -2.28. The maximum Gasteiger partial charge on any atom is 0.354 e. The van der Waals surface area contributed by atoms with Gasteiger partial charge in [-0.25, -0.2) is 9.59 Å². The van der Waals surface area contributed by atoms with Gasteiger partial charge in [0.25, 0.3) is 0 Å². The number of ketones is 1. The molecule has 0 radical (unpaired) electrons. The Morgan fingerprint density at radius 2 is 1.76 bits per heavy atom. The van der Waals surface area contributed by atoms with Crippen LogP contribution in [-0.2, 0) is 16.0 Å². The van der Waals surface area contributed by atoms with Crippen molar-refractivity contribution in [2.24, 2.45) is 0 Å². The number of nitrogens with one attached hydrogen (secondary N) is 1. The highest BCUT2D eigenvalue weighted by Gasteiger charge is 2.28. The van der Waals surface area contributed by atoms with Crippen molar-refractivity contribution in [2.45, 2.75) is 60.0 Å². The van der Waals surface area contributed by atoms with Crippen LogP contribution in [-0.4, -0.2) is 66.7 Å². The van der Waals surface area contributed by atoms with E-state index in [1.54, 1.807) is 25.5 Å². The topological polar surface area (TPSA) is 89.9 Å². The summed E-state index contributed by atoms with van der Waals surface area (Å²) in [5.41, 5.74) is 1.70. The molecular weight excluding hydrogens is 374 g/mol. The minimum absolute atomic E-state index is 0.0817. The van der Waals surface area contributed by atoms with E-state index < -0.39 is 11.5 Å². The first-order valence-electron chi connectivity index (χ1n) is 9.85. The fourth-order valence-electron chi connectivity index (χ4n) is 3.37. The van der Waals surface area contributed by atoms with Crippen molar-refractivity contribution in [3.63, 3.8) is 0 Å². The highest BCUT2D eigenvalue weighted by molar-refractivity contribution is 6.04. The Bertz CT molecular complexity index is 746. The highest BCUT2D eigenvalue weighted by Crippen LogP contribution is 2.24. The van der Waals surface area contributed by atoms with Crippen LogP contribution in [0.25, 0.3) is 0 Å². The number of aromatic nitrogens is 1. The summed E-state index contributed by atoms with van der Waals surface area (Å²) in [7, 11) is 2.92. The first-order valence-corrected chi connectivity index (χ1v) is 9.85. The fraction of sp³-hybridized carbons (Fsp3) is 0.667. The molecule has 0 bridgehead atoms. The zero-order valence-electron chi connectivity index (χ0n) is 19.0. The van der Waals surface area contributed by atoms with Gasteiger partial charge in [0.1, 0.15) is 5.69 Å². The fourth-order valence-corrected chi connectivity index (χ4v) is 3.37. The number of esters is 1. The van der Waals surface area contributed by atoms with Gasteiger partial charge in [-0.1, -0.05) is 0 Å². The number of ether oxygens (including phenoxy) is 2. The smallest absolute Gasteiger partial charge is 0.354 e. The lowest BCUT2D eigenvalue weighted by atomic mass is 10.0. The second-order valence-corrected chi connectivity index (χ2v) is 8.04. The molecule has 0 aliphatic heterocycles. The van der Waals surface area contributed by atoms with Crippen molar-refractivity contribution in [3.8, 4) is 0 Å². The molecule has 0 fully saturated rings. The van der Waals surface area contributed by atoms with Crippen LogP contribution in [0.15, 0.2) is 0 Å². The van der Waals surface area contributed by atoms with Crippen LogP contribution < -0.4 is 5.32 Å². The maximum atomic E-state index is 13.2. The molecule has 8 heteroatoms. The number of amides is 2. The number of Topliss-reactive ketones (excluding diaryl/α,β-unsaturated/α-hetero) is 1. The third-order valence-corrected chi connectivity index (χ3v) is 4.62. The van der Waals surface area contributed by atoms with Crippen molar-refractivity contribution < 1.29 is 23.9 Å². The molecule has 1 aromatic heterocycles.